The summed E-state index contributed by atoms with van der Waals surface area (Å²) in [6.07, 6.45) is 10.2. The highest BCUT2D eigenvalue weighted by Gasteiger charge is 2.47. The third-order valence-electron chi connectivity index (χ3n) is 2.47. The Morgan fingerprint density at radius 2 is 1.79 bits per heavy atom. The van der Waals surface area contributed by atoms with Gasteiger partial charge in [-0.15, -0.1) is 12.3 Å². The van der Waals surface area contributed by atoms with Gasteiger partial charge in [0.25, 0.3) is 0 Å². The van der Waals surface area contributed by atoms with E-state index in [0.717, 1.165) is 0 Å². The van der Waals surface area contributed by atoms with E-state index in [1.54, 1.807) is 32.1 Å². The van der Waals surface area contributed by atoms with E-state index in [2.05, 4.69) is 12.5 Å². The van der Waals surface area contributed by atoms with E-state index >= 15 is 0 Å². The molecule has 0 atom stereocenters. The van der Waals surface area contributed by atoms with Crippen molar-refractivity contribution in [3.8, 4) is 12.3 Å². The predicted octanol–water partition coefficient (Wildman–Crippen LogP) is 2.25. The minimum atomic E-state index is -1.47. The molecule has 0 heterocycles. The van der Waals surface area contributed by atoms with Crippen molar-refractivity contribution >= 4 is 11.9 Å². The minimum absolute atomic E-state index is 0.0633. The second kappa shape index (κ2) is 8.98. The molecule has 0 spiro atoms. The van der Waals surface area contributed by atoms with Crippen molar-refractivity contribution in [3.05, 3.63) is 24.8 Å². The highest BCUT2D eigenvalue weighted by molar-refractivity contribution is 6.00. The quantitative estimate of drug-likeness (QED) is 0.292. The van der Waals surface area contributed by atoms with Gasteiger partial charge in [-0.1, -0.05) is 24.8 Å². The molecule has 19 heavy (non-hydrogen) atoms. The maximum absolute atomic E-state index is 12.1. The Labute approximate surface area is 114 Å². The van der Waals surface area contributed by atoms with Crippen LogP contribution in [-0.2, 0) is 19.1 Å². The summed E-state index contributed by atoms with van der Waals surface area (Å²) >= 11 is 0. The third-order valence-corrected chi connectivity index (χ3v) is 2.47. The lowest BCUT2D eigenvalue weighted by Crippen LogP contribution is -2.41. The molecular weight excluding hydrogens is 244 g/mol. The zero-order valence-corrected chi connectivity index (χ0v) is 11.5. The maximum Gasteiger partial charge on any atom is 0.324 e. The smallest absolute Gasteiger partial charge is 0.324 e. The Morgan fingerprint density at radius 3 is 2.16 bits per heavy atom. The summed E-state index contributed by atoms with van der Waals surface area (Å²) in [5.74, 6) is 1.05. The highest BCUT2D eigenvalue weighted by Crippen LogP contribution is 2.31. The first-order valence-corrected chi connectivity index (χ1v) is 6.14. The van der Waals surface area contributed by atoms with Gasteiger partial charge in [-0.25, -0.2) is 0 Å². The van der Waals surface area contributed by atoms with Crippen molar-refractivity contribution in [2.75, 3.05) is 13.2 Å². The molecule has 4 nitrogen and oxygen atoms in total. The van der Waals surface area contributed by atoms with Crippen LogP contribution in [0.25, 0.3) is 0 Å². The SMILES string of the molecule is C#CCC(C/C=C/C=C)(C(=O)OCC)C(=O)OCC. The molecule has 104 valence electrons. The second-order valence-corrected chi connectivity index (χ2v) is 3.77. The van der Waals surface area contributed by atoms with E-state index < -0.39 is 17.4 Å². The lowest BCUT2D eigenvalue weighted by atomic mass is 9.81. The Morgan fingerprint density at radius 1 is 1.26 bits per heavy atom. The molecule has 0 rings (SSSR count). The predicted molar refractivity (Wildman–Crippen MR) is 73.1 cm³/mol. The van der Waals surface area contributed by atoms with Gasteiger partial charge >= 0.3 is 11.9 Å². The fourth-order valence-corrected chi connectivity index (χ4v) is 1.54. The Balaban J connectivity index is 5.38. The van der Waals surface area contributed by atoms with Crippen LogP contribution in [0.3, 0.4) is 0 Å². The summed E-state index contributed by atoms with van der Waals surface area (Å²) in [5.41, 5.74) is -1.47. The number of carbonyl (C=O) groups excluding carboxylic acids is 2. The van der Waals surface area contributed by atoms with E-state index in [1.165, 1.54) is 0 Å². The molecule has 0 N–H and O–H groups in total. The first-order valence-electron chi connectivity index (χ1n) is 6.14. The average Bonchev–Trinajstić information content (AvgIpc) is 2.38. The third kappa shape index (κ3) is 4.63. The lowest BCUT2D eigenvalue weighted by molar-refractivity contribution is -0.171. The van der Waals surface area contributed by atoms with Gasteiger partial charge in [-0.2, -0.15) is 0 Å². The van der Waals surface area contributed by atoms with Crippen molar-refractivity contribution in [1.82, 2.24) is 0 Å². The number of esters is 2. The van der Waals surface area contributed by atoms with E-state index in [4.69, 9.17) is 15.9 Å². The van der Waals surface area contributed by atoms with Gasteiger partial charge in [-0.05, 0) is 20.3 Å². The number of terminal acetylenes is 1. The van der Waals surface area contributed by atoms with E-state index in [9.17, 15) is 9.59 Å². The zero-order valence-electron chi connectivity index (χ0n) is 11.5. The van der Waals surface area contributed by atoms with Crippen molar-refractivity contribution in [3.63, 3.8) is 0 Å². The van der Waals surface area contributed by atoms with Gasteiger partial charge in [0.1, 0.15) is 0 Å². The van der Waals surface area contributed by atoms with Crippen LogP contribution in [0.5, 0.6) is 0 Å². The average molecular weight is 264 g/mol. The fourth-order valence-electron chi connectivity index (χ4n) is 1.54. The van der Waals surface area contributed by atoms with Crippen LogP contribution in [-0.4, -0.2) is 25.2 Å². The molecule has 0 aromatic rings. The molecule has 4 heteroatoms. The molecule has 0 aliphatic rings. The molecule has 0 unspecified atom stereocenters. The van der Waals surface area contributed by atoms with Crippen LogP contribution in [0.4, 0.5) is 0 Å². The minimum Gasteiger partial charge on any atom is -0.465 e. The summed E-state index contributed by atoms with van der Waals surface area (Å²) < 4.78 is 9.93. The second-order valence-electron chi connectivity index (χ2n) is 3.77. The first-order chi connectivity index (χ1) is 9.08. The number of hydrogen-bond donors (Lipinski definition) is 0. The normalized spacial score (nSPS) is 10.8. The Bertz CT molecular complexity index is 369. The molecule has 0 aliphatic carbocycles. The number of rotatable bonds is 8. The van der Waals surface area contributed by atoms with Crippen molar-refractivity contribution in [2.45, 2.75) is 26.7 Å². The largest absolute Gasteiger partial charge is 0.465 e. The summed E-state index contributed by atoms with van der Waals surface area (Å²) in [6, 6.07) is 0. The lowest BCUT2D eigenvalue weighted by Gasteiger charge is -2.26. The number of carbonyl (C=O) groups is 2. The van der Waals surface area contributed by atoms with E-state index in [0.29, 0.717) is 0 Å². The molecule has 0 fully saturated rings. The van der Waals surface area contributed by atoms with Gasteiger partial charge in [0.05, 0.1) is 13.2 Å². The summed E-state index contributed by atoms with van der Waals surface area (Å²) in [6.45, 7) is 7.22. The van der Waals surface area contributed by atoms with Crippen molar-refractivity contribution in [2.24, 2.45) is 5.41 Å². The van der Waals surface area contributed by atoms with Gasteiger partial charge in [0.15, 0.2) is 5.41 Å². The summed E-state index contributed by atoms with van der Waals surface area (Å²) in [5, 5.41) is 0. The van der Waals surface area contributed by atoms with Crippen LogP contribution in [0.2, 0.25) is 0 Å². The zero-order chi connectivity index (χ0) is 14.7. The molecule has 0 saturated heterocycles. The Kier molecular flexibility index (Phi) is 8.03. The Hall–Kier alpha value is -2.02. The van der Waals surface area contributed by atoms with Crippen LogP contribution >= 0.6 is 0 Å². The van der Waals surface area contributed by atoms with Gasteiger partial charge in [0, 0.05) is 6.42 Å². The topological polar surface area (TPSA) is 52.6 Å². The molecule has 0 saturated carbocycles. The van der Waals surface area contributed by atoms with Gasteiger partial charge < -0.3 is 9.47 Å². The molecule has 0 aromatic heterocycles. The molecule has 0 amide bonds. The molecule has 0 aromatic carbocycles. The molecule has 0 aliphatic heterocycles. The van der Waals surface area contributed by atoms with Crippen molar-refractivity contribution < 1.29 is 19.1 Å². The van der Waals surface area contributed by atoms with E-state index in [1.807, 2.05) is 0 Å². The highest BCUT2D eigenvalue weighted by atomic mass is 16.6. The monoisotopic (exact) mass is 264 g/mol. The summed E-state index contributed by atoms with van der Waals surface area (Å²) in [4.78, 5) is 24.2. The van der Waals surface area contributed by atoms with Crippen molar-refractivity contribution in [1.29, 1.82) is 0 Å². The maximum atomic E-state index is 12.1. The number of hydrogen-bond acceptors (Lipinski definition) is 4. The standard InChI is InChI=1S/C15H20O4/c1-5-9-10-12-15(11-6-2,13(16)18-7-3)14(17)19-8-4/h2,5,9-10H,1,7-8,11-12H2,3-4H3/b10-9+. The van der Waals surface area contributed by atoms with E-state index in [-0.39, 0.29) is 26.1 Å². The summed E-state index contributed by atoms with van der Waals surface area (Å²) in [7, 11) is 0. The fraction of sp³-hybridized carbons (Fsp3) is 0.467. The van der Waals surface area contributed by atoms with Gasteiger partial charge in [0.2, 0.25) is 0 Å². The first kappa shape index (κ1) is 17.0. The van der Waals surface area contributed by atoms with Crippen LogP contribution < -0.4 is 0 Å². The van der Waals surface area contributed by atoms with Gasteiger partial charge in [-0.3, -0.25) is 9.59 Å². The van der Waals surface area contributed by atoms with Crippen LogP contribution in [0.15, 0.2) is 24.8 Å². The molecule has 0 radical (unpaired) electrons. The molecule has 0 bridgehead atoms. The van der Waals surface area contributed by atoms with Crippen LogP contribution in [0, 0.1) is 17.8 Å². The number of ether oxygens (including phenoxy) is 2. The number of allylic oxidation sites excluding steroid dienone is 3. The molecular formula is C15H20O4. The van der Waals surface area contributed by atoms with Crippen LogP contribution in [0.1, 0.15) is 26.7 Å².